The maximum Gasteiger partial charge on any atom is 0.147 e. The molecule has 0 radical (unpaired) electrons. The lowest BCUT2D eigenvalue weighted by Crippen LogP contribution is -2.26. The van der Waals surface area contributed by atoms with Crippen molar-refractivity contribution in [3.63, 3.8) is 0 Å². The van der Waals surface area contributed by atoms with Crippen molar-refractivity contribution in [3.05, 3.63) is 77.5 Å². The molecule has 3 aromatic carbocycles. The number of hydrogen-bond donors (Lipinski definition) is 1. The van der Waals surface area contributed by atoms with Crippen LogP contribution in [0.3, 0.4) is 0 Å². The summed E-state index contributed by atoms with van der Waals surface area (Å²) in [6.07, 6.45) is -0.0714. The minimum absolute atomic E-state index is 0.0714. The fourth-order valence-electron chi connectivity index (χ4n) is 4.21. The van der Waals surface area contributed by atoms with Crippen molar-refractivity contribution in [2.24, 2.45) is 0 Å². The molecule has 4 heteroatoms. The maximum absolute atomic E-state index is 5.87. The Morgan fingerprint density at radius 1 is 1.00 bits per heavy atom. The molecule has 4 nitrogen and oxygen atoms in total. The molecule has 1 atom stereocenters. The Morgan fingerprint density at radius 3 is 2.64 bits per heavy atom. The van der Waals surface area contributed by atoms with Crippen LogP contribution in [0.1, 0.15) is 29.9 Å². The highest BCUT2D eigenvalue weighted by Gasteiger charge is 2.28. The van der Waals surface area contributed by atoms with Gasteiger partial charge in [-0.25, -0.2) is 4.68 Å². The first-order chi connectivity index (χ1) is 13.7. The fourth-order valence-corrected chi connectivity index (χ4v) is 4.21. The van der Waals surface area contributed by atoms with Gasteiger partial charge in [-0.05, 0) is 43.9 Å². The topological polar surface area (TPSA) is 39.1 Å². The standard InChI is InChI=1S/C24H23N3O/c1-4-28-22-13-12-19(17-9-5-6-10-18(17)22)24-25-23-15(2)8-7-11-20(23)21-14-16(3)26-27(21)24/h5-14,24-25H,4H2,1-3H3. The predicted octanol–water partition coefficient (Wildman–Crippen LogP) is 5.69. The van der Waals surface area contributed by atoms with Gasteiger partial charge in [-0.2, -0.15) is 5.10 Å². The maximum atomic E-state index is 5.87. The molecule has 2 heterocycles. The van der Waals surface area contributed by atoms with Crippen LogP contribution in [-0.4, -0.2) is 16.4 Å². The molecule has 0 saturated carbocycles. The Bertz CT molecular complexity index is 1190. The Hall–Kier alpha value is -3.27. The van der Waals surface area contributed by atoms with Gasteiger partial charge in [0, 0.05) is 22.2 Å². The average molecular weight is 369 g/mol. The fraction of sp³-hybridized carbons (Fsp3) is 0.208. The van der Waals surface area contributed by atoms with Crippen LogP contribution in [0.5, 0.6) is 5.75 Å². The lowest BCUT2D eigenvalue weighted by atomic mass is 9.97. The lowest BCUT2D eigenvalue weighted by molar-refractivity contribution is 0.344. The van der Waals surface area contributed by atoms with Crippen molar-refractivity contribution in [1.82, 2.24) is 9.78 Å². The van der Waals surface area contributed by atoms with Gasteiger partial charge in [0.1, 0.15) is 11.9 Å². The molecular weight excluding hydrogens is 346 g/mol. The van der Waals surface area contributed by atoms with Gasteiger partial charge in [0.15, 0.2) is 0 Å². The van der Waals surface area contributed by atoms with Crippen molar-refractivity contribution in [2.75, 3.05) is 11.9 Å². The molecule has 28 heavy (non-hydrogen) atoms. The smallest absolute Gasteiger partial charge is 0.147 e. The third-order valence-corrected chi connectivity index (χ3v) is 5.44. The van der Waals surface area contributed by atoms with Gasteiger partial charge < -0.3 is 10.1 Å². The number of nitrogens with zero attached hydrogens (tertiary/aromatic N) is 2. The average Bonchev–Trinajstić information content (AvgIpc) is 3.10. The number of benzene rings is 3. The van der Waals surface area contributed by atoms with Crippen molar-refractivity contribution >= 4 is 16.5 Å². The Labute approximate surface area is 164 Å². The number of para-hydroxylation sites is 1. The number of aryl methyl sites for hydroxylation is 2. The van der Waals surface area contributed by atoms with Crippen molar-refractivity contribution in [3.8, 4) is 17.0 Å². The van der Waals surface area contributed by atoms with E-state index in [1.165, 1.54) is 27.8 Å². The van der Waals surface area contributed by atoms with Gasteiger partial charge in [-0.1, -0.05) is 48.5 Å². The summed E-state index contributed by atoms with van der Waals surface area (Å²) < 4.78 is 7.98. The summed E-state index contributed by atoms with van der Waals surface area (Å²) in [5.74, 6) is 0.922. The zero-order valence-corrected chi connectivity index (χ0v) is 16.4. The molecule has 4 aromatic rings. The van der Waals surface area contributed by atoms with E-state index in [1.807, 2.05) is 13.8 Å². The number of rotatable bonds is 3. The first-order valence-corrected chi connectivity index (χ1v) is 9.74. The summed E-state index contributed by atoms with van der Waals surface area (Å²) in [7, 11) is 0. The summed E-state index contributed by atoms with van der Waals surface area (Å²) in [6.45, 7) is 6.87. The van der Waals surface area contributed by atoms with Crippen molar-refractivity contribution < 1.29 is 4.74 Å². The van der Waals surface area contributed by atoms with Gasteiger partial charge >= 0.3 is 0 Å². The van der Waals surface area contributed by atoms with Crippen molar-refractivity contribution in [2.45, 2.75) is 26.9 Å². The van der Waals surface area contributed by atoms with Crippen LogP contribution in [0.4, 0.5) is 5.69 Å². The molecule has 0 aliphatic carbocycles. The van der Waals surface area contributed by atoms with E-state index in [9.17, 15) is 0 Å². The van der Waals surface area contributed by atoms with Crippen LogP contribution in [0.25, 0.3) is 22.0 Å². The number of aromatic nitrogens is 2. The quantitative estimate of drug-likeness (QED) is 0.504. The molecule has 0 fully saturated rings. The summed E-state index contributed by atoms with van der Waals surface area (Å²) in [4.78, 5) is 0. The third kappa shape index (κ3) is 2.48. The number of nitrogens with one attached hydrogen (secondary N) is 1. The minimum Gasteiger partial charge on any atom is -0.493 e. The van der Waals surface area contributed by atoms with Crippen LogP contribution in [0.15, 0.2) is 60.7 Å². The van der Waals surface area contributed by atoms with Gasteiger partial charge in [0.05, 0.1) is 18.0 Å². The molecule has 1 unspecified atom stereocenters. The molecule has 0 bridgehead atoms. The summed E-state index contributed by atoms with van der Waals surface area (Å²) in [5, 5.41) is 10.9. The van der Waals surface area contributed by atoms with E-state index in [2.05, 4.69) is 77.6 Å². The highest BCUT2D eigenvalue weighted by molar-refractivity contribution is 5.92. The molecule has 1 aliphatic heterocycles. The van der Waals surface area contributed by atoms with E-state index in [0.29, 0.717) is 6.61 Å². The molecule has 1 aromatic heterocycles. The van der Waals surface area contributed by atoms with Crippen LogP contribution in [0, 0.1) is 13.8 Å². The van der Waals surface area contributed by atoms with E-state index in [1.54, 1.807) is 0 Å². The van der Waals surface area contributed by atoms with Crippen molar-refractivity contribution in [1.29, 1.82) is 0 Å². The Kier molecular flexibility index (Phi) is 3.86. The molecule has 1 N–H and O–H groups in total. The van der Waals surface area contributed by atoms with Crippen LogP contribution >= 0.6 is 0 Å². The molecule has 5 rings (SSSR count). The Balaban J connectivity index is 1.75. The SMILES string of the molecule is CCOc1ccc(C2Nc3c(C)cccc3-c3cc(C)nn32)c2ccccc12. The second kappa shape index (κ2) is 6.41. The number of fused-ring (bicyclic) bond motifs is 4. The van der Waals surface area contributed by atoms with Gasteiger partial charge in [0.25, 0.3) is 0 Å². The van der Waals surface area contributed by atoms with Gasteiger partial charge in [-0.15, -0.1) is 0 Å². The normalized spacial score (nSPS) is 15.0. The van der Waals surface area contributed by atoms with E-state index < -0.39 is 0 Å². The van der Waals surface area contributed by atoms with E-state index >= 15 is 0 Å². The molecule has 140 valence electrons. The molecular formula is C24H23N3O. The largest absolute Gasteiger partial charge is 0.493 e. The Morgan fingerprint density at radius 2 is 1.82 bits per heavy atom. The van der Waals surface area contributed by atoms with E-state index in [4.69, 9.17) is 9.84 Å². The summed E-state index contributed by atoms with van der Waals surface area (Å²) >= 11 is 0. The number of ether oxygens (including phenoxy) is 1. The van der Waals surface area contributed by atoms with Gasteiger partial charge in [0.2, 0.25) is 0 Å². The second-order valence-electron chi connectivity index (χ2n) is 7.29. The zero-order chi connectivity index (χ0) is 19.3. The zero-order valence-electron chi connectivity index (χ0n) is 16.4. The number of hydrogen-bond acceptors (Lipinski definition) is 3. The predicted molar refractivity (Wildman–Crippen MR) is 114 cm³/mol. The molecule has 0 spiro atoms. The second-order valence-corrected chi connectivity index (χ2v) is 7.29. The molecule has 1 aliphatic rings. The molecule has 0 saturated heterocycles. The third-order valence-electron chi connectivity index (χ3n) is 5.44. The van der Waals surface area contributed by atoms with Crippen LogP contribution in [-0.2, 0) is 0 Å². The first kappa shape index (κ1) is 16.9. The van der Waals surface area contributed by atoms with Crippen LogP contribution < -0.4 is 10.1 Å². The van der Waals surface area contributed by atoms with Crippen LogP contribution in [0.2, 0.25) is 0 Å². The van der Waals surface area contributed by atoms with Gasteiger partial charge in [-0.3, -0.25) is 0 Å². The highest BCUT2D eigenvalue weighted by Crippen LogP contribution is 2.42. The summed E-state index contributed by atoms with van der Waals surface area (Å²) in [5.41, 5.74) is 6.98. The monoisotopic (exact) mass is 369 g/mol. The van der Waals surface area contributed by atoms with E-state index in [0.717, 1.165) is 22.5 Å². The summed E-state index contributed by atoms with van der Waals surface area (Å²) in [6, 6.07) is 21.3. The first-order valence-electron chi connectivity index (χ1n) is 9.74. The molecule has 0 amide bonds. The minimum atomic E-state index is -0.0714. The lowest BCUT2D eigenvalue weighted by Gasteiger charge is -2.31. The highest BCUT2D eigenvalue weighted by atomic mass is 16.5. The number of anilines is 1. The van der Waals surface area contributed by atoms with E-state index in [-0.39, 0.29) is 6.17 Å².